The first-order chi connectivity index (χ1) is 20.4. The number of hydrogen-bond donors (Lipinski definition) is 1. The third-order valence-corrected chi connectivity index (χ3v) is 7.86. The van der Waals surface area contributed by atoms with Crippen LogP contribution in [0.1, 0.15) is 73.5 Å². The fourth-order valence-corrected chi connectivity index (χ4v) is 5.53. The smallest absolute Gasteiger partial charge is 0.305 e. The average molecular weight is 602 g/mol. The molecular formula is C32H41F2N3O6. The molecular weight excluding hydrogens is 560 g/mol. The third kappa shape index (κ3) is 6.86. The molecule has 1 saturated heterocycles. The van der Waals surface area contributed by atoms with E-state index in [4.69, 9.17) is 24.4 Å². The molecule has 11 heteroatoms. The number of carbonyl (C=O) groups excluding carboxylic acids is 2. The first-order valence-electron chi connectivity index (χ1n) is 14.5. The fraction of sp³-hybridized carbons (Fsp3) is 0.531. The number of nitrogens with one attached hydrogen (secondary N) is 1. The van der Waals surface area contributed by atoms with Crippen LogP contribution < -0.4 is 19.1 Å². The van der Waals surface area contributed by atoms with Crippen molar-refractivity contribution in [2.45, 2.75) is 64.6 Å². The monoisotopic (exact) mass is 601 g/mol. The van der Waals surface area contributed by atoms with Crippen molar-refractivity contribution in [3.05, 3.63) is 46.3 Å². The van der Waals surface area contributed by atoms with Crippen LogP contribution in [0, 0.1) is 11.2 Å². The second-order valence-electron chi connectivity index (χ2n) is 11.9. The van der Waals surface area contributed by atoms with E-state index in [9.17, 15) is 14.0 Å². The van der Waals surface area contributed by atoms with Crippen LogP contribution in [0.5, 0.6) is 17.2 Å². The number of carbonyl (C=O) groups is 2. The van der Waals surface area contributed by atoms with Crippen molar-refractivity contribution in [3.8, 4) is 17.2 Å². The quantitative estimate of drug-likeness (QED) is 0.195. The van der Waals surface area contributed by atoms with Gasteiger partial charge in [-0.05, 0) is 48.4 Å². The lowest BCUT2D eigenvalue weighted by molar-refractivity contribution is -0.140. The van der Waals surface area contributed by atoms with E-state index in [1.54, 1.807) is 18.2 Å². The lowest BCUT2D eigenvalue weighted by atomic mass is 9.84. The Hall–Kier alpha value is -3.89. The van der Waals surface area contributed by atoms with E-state index < -0.39 is 17.4 Å². The number of esters is 1. The van der Waals surface area contributed by atoms with E-state index in [1.165, 1.54) is 26.2 Å². The van der Waals surface area contributed by atoms with Gasteiger partial charge >= 0.3 is 5.97 Å². The highest BCUT2D eigenvalue weighted by Gasteiger charge is 2.34. The minimum atomic E-state index is -0.988. The number of nitrogens with zero attached hydrogens (tertiary/aromatic N) is 2. The maximum Gasteiger partial charge on any atom is 0.305 e. The summed E-state index contributed by atoms with van der Waals surface area (Å²) in [6, 6.07) is 5.17. The normalized spacial score (nSPS) is 16.4. The standard InChI is InChI=1S/C32H41F2N3O6/c1-32(2,3)22-13-19(14-23(36-11-10-21(33)17-36)29(22)43-12-8-7-9-26(39)41-5)24(38)18-37-16-20-15-25(40-4)30(42-6)28(34)27(20)31(37)35/h13-15,21,35H,7-12,16-18H2,1-6H3. The summed E-state index contributed by atoms with van der Waals surface area (Å²) in [6.07, 6.45) is 0.901. The summed E-state index contributed by atoms with van der Waals surface area (Å²) in [5.74, 6) is -0.613. The lowest BCUT2D eigenvalue weighted by Gasteiger charge is -2.30. The molecule has 9 nitrogen and oxygen atoms in total. The minimum absolute atomic E-state index is 0.0866. The van der Waals surface area contributed by atoms with Gasteiger partial charge in [-0.25, -0.2) is 8.78 Å². The molecule has 43 heavy (non-hydrogen) atoms. The number of Topliss-reactive ketones (excluding diaryl/α,β-unsaturated/α-hetero) is 1. The zero-order chi connectivity index (χ0) is 31.5. The van der Waals surface area contributed by atoms with Crippen LogP contribution in [0.4, 0.5) is 14.5 Å². The van der Waals surface area contributed by atoms with Gasteiger partial charge in [-0.15, -0.1) is 0 Å². The predicted molar refractivity (Wildman–Crippen MR) is 159 cm³/mol. The van der Waals surface area contributed by atoms with Crippen LogP contribution in [0.15, 0.2) is 18.2 Å². The van der Waals surface area contributed by atoms with E-state index in [0.29, 0.717) is 61.4 Å². The SMILES string of the molecule is COC(=O)CCCCOc1c(N2CCC(F)C2)cc(C(=O)CN2Cc3cc(OC)c(OC)c(F)c3C2=N)cc1C(C)(C)C. The Morgan fingerprint density at radius 2 is 1.81 bits per heavy atom. The first kappa shape index (κ1) is 32.0. The highest BCUT2D eigenvalue weighted by Crippen LogP contribution is 2.43. The highest BCUT2D eigenvalue weighted by molar-refractivity contribution is 6.06. The van der Waals surface area contributed by atoms with E-state index >= 15 is 4.39 Å². The summed E-state index contributed by atoms with van der Waals surface area (Å²) >= 11 is 0. The van der Waals surface area contributed by atoms with Gasteiger partial charge in [0.25, 0.3) is 0 Å². The molecule has 1 N–H and O–H groups in total. The van der Waals surface area contributed by atoms with Gasteiger partial charge < -0.3 is 28.7 Å². The van der Waals surface area contributed by atoms with E-state index in [-0.39, 0.29) is 54.3 Å². The van der Waals surface area contributed by atoms with Crippen molar-refractivity contribution in [3.63, 3.8) is 0 Å². The van der Waals surface area contributed by atoms with Gasteiger partial charge in [0.15, 0.2) is 23.1 Å². The zero-order valence-corrected chi connectivity index (χ0v) is 25.8. The van der Waals surface area contributed by atoms with Crippen molar-refractivity contribution >= 4 is 23.3 Å². The number of fused-ring (bicyclic) bond motifs is 1. The number of unbranched alkanes of at least 4 members (excludes halogenated alkanes) is 1. The van der Waals surface area contributed by atoms with Crippen LogP contribution in [-0.4, -0.2) is 76.2 Å². The summed E-state index contributed by atoms with van der Waals surface area (Å²) in [5.41, 5.74) is 2.04. The fourth-order valence-electron chi connectivity index (χ4n) is 5.53. The molecule has 0 bridgehead atoms. The van der Waals surface area contributed by atoms with Crippen molar-refractivity contribution < 1.29 is 37.3 Å². The van der Waals surface area contributed by atoms with Crippen molar-refractivity contribution in [1.29, 1.82) is 5.41 Å². The zero-order valence-electron chi connectivity index (χ0n) is 25.8. The summed E-state index contributed by atoms with van der Waals surface area (Å²) < 4.78 is 51.1. The van der Waals surface area contributed by atoms with E-state index in [0.717, 1.165) is 5.56 Å². The summed E-state index contributed by atoms with van der Waals surface area (Å²) in [7, 11) is 4.10. The minimum Gasteiger partial charge on any atom is -0.493 e. The van der Waals surface area contributed by atoms with Gasteiger partial charge in [-0.3, -0.25) is 15.0 Å². The third-order valence-electron chi connectivity index (χ3n) is 7.86. The molecule has 234 valence electrons. The molecule has 1 atom stereocenters. The molecule has 0 aromatic heterocycles. The van der Waals surface area contributed by atoms with E-state index in [2.05, 4.69) is 0 Å². The number of anilines is 1. The number of amidine groups is 1. The summed E-state index contributed by atoms with van der Waals surface area (Å²) in [5, 5.41) is 8.65. The van der Waals surface area contributed by atoms with Gasteiger partial charge in [0.2, 0.25) is 0 Å². The predicted octanol–water partition coefficient (Wildman–Crippen LogP) is 5.43. The number of rotatable bonds is 12. The first-order valence-corrected chi connectivity index (χ1v) is 14.5. The van der Waals surface area contributed by atoms with Crippen LogP contribution in [0.25, 0.3) is 0 Å². The molecule has 0 saturated carbocycles. The Balaban J connectivity index is 1.63. The van der Waals surface area contributed by atoms with Gasteiger partial charge in [-0.1, -0.05) is 20.8 Å². The molecule has 1 unspecified atom stereocenters. The molecule has 0 radical (unpaired) electrons. The van der Waals surface area contributed by atoms with E-state index in [1.807, 2.05) is 25.7 Å². The van der Waals surface area contributed by atoms with Crippen LogP contribution >= 0.6 is 0 Å². The largest absolute Gasteiger partial charge is 0.493 e. The molecule has 2 aromatic rings. The second kappa shape index (κ2) is 13.2. The molecule has 2 heterocycles. The molecule has 4 rings (SSSR count). The Morgan fingerprint density at radius 1 is 1.07 bits per heavy atom. The molecule has 0 spiro atoms. The molecule has 2 aromatic carbocycles. The molecule has 2 aliphatic rings. The number of halogens is 2. The Morgan fingerprint density at radius 3 is 2.42 bits per heavy atom. The number of benzene rings is 2. The van der Waals surface area contributed by atoms with Gasteiger partial charge in [0.05, 0.1) is 45.7 Å². The summed E-state index contributed by atoms with van der Waals surface area (Å²) in [4.78, 5) is 28.7. The molecule has 0 amide bonds. The summed E-state index contributed by atoms with van der Waals surface area (Å²) in [6.45, 7) is 7.08. The Labute approximate surface area is 251 Å². The molecule has 0 aliphatic carbocycles. The number of alkyl halides is 1. The van der Waals surface area contributed by atoms with Crippen LogP contribution in [0.3, 0.4) is 0 Å². The van der Waals surface area contributed by atoms with Crippen molar-refractivity contribution in [1.82, 2.24) is 4.90 Å². The maximum atomic E-state index is 15.3. The number of ether oxygens (including phenoxy) is 4. The maximum absolute atomic E-state index is 15.3. The number of hydrogen-bond acceptors (Lipinski definition) is 8. The van der Waals surface area contributed by atoms with Gasteiger partial charge in [0, 0.05) is 37.2 Å². The topological polar surface area (TPSA) is 101 Å². The number of ketones is 1. The van der Waals surface area contributed by atoms with Crippen LogP contribution in [0.2, 0.25) is 0 Å². The lowest BCUT2D eigenvalue weighted by Crippen LogP contribution is -2.31. The van der Waals surface area contributed by atoms with Gasteiger partial charge in [0.1, 0.15) is 17.8 Å². The average Bonchev–Trinajstić information content (AvgIpc) is 3.54. The van der Waals surface area contributed by atoms with Gasteiger partial charge in [-0.2, -0.15) is 0 Å². The molecule has 1 fully saturated rings. The Bertz CT molecular complexity index is 1390. The highest BCUT2D eigenvalue weighted by atomic mass is 19.1. The second-order valence-corrected chi connectivity index (χ2v) is 11.9. The van der Waals surface area contributed by atoms with Crippen LogP contribution in [-0.2, 0) is 21.5 Å². The van der Waals surface area contributed by atoms with Crippen molar-refractivity contribution in [2.75, 3.05) is 52.5 Å². The number of methoxy groups -OCH3 is 3. The Kier molecular flexibility index (Phi) is 9.82. The van der Waals surface area contributed by atoms with Crippen molar-refractivity contribution in [2.24, 2.45) is 0 Å². The molecule has 2 aliphatic heterocycles.